The van der Waals surface area contributed by atoms with Gasteiger partial charge in [0, 0.05) is 16.0 Å². The van der Waals surface area contributed by atoms with Crippen LogP contribution >= 0.6 is 11.8 Å². The molecule has 4 heteroatoms. The lowest BCUT2D eigenvalue weighted by molar-refractivity contribution is -0.118. The number of nitrogens with zero attached hydrogens (tertiary/aromatic N) is 1. The van der Waals surface area contributed by atoms with Crippen LogP contribution in [0.3, 0.4) is 0 Å². The van der Waals surface area contributed by atoms with Crippen molar-refractivity contribution in [1.29, 1.82) is 0 Å². The van der Waals surface area contributed by atoms with E-state index in [0.717, 1.165) is 11.3 Å². The Balaban J connectivity index is 1.78. The maximum atomic E-state index is 12.3. The van der Waals surface area contributed by atoms with Crippen molar-refractivity contribution in [3.63, 3.8) is 0 Å². The maximum absolute atomic E-state index is 12.3. The Bertz CT molecular complexity index is 856. The SMILES string of the molecule is CSc1ccc(C=CC23NC(=O)CN2c2ccccc2C3(C)C)cc1. The highest BCUT2D eigenvalue weighted by Gasteiger charge is 2.59. The number of anilines is 1. The fraction of sp³-hybridized carbons (Fsp3) is 0.286. The molecule has 0 radical (unpaired) electrons. The van der Waals surface area contributed by atoms with Crippen molar-refractivity contribution in [2.45, 2.75) is 29.8 Å². The van der Waals surface area contributed by atoms with E-state index in [1.165, 1.54) is 10.5 Å². The number of hydrogen-bond donors (Lipinski definition) is 1. The molecule has 1 amide bonds. The minimum Gasteiger partial charge on any atom is -0.335 e. The smallest absolute Gasteiger partial charge is 0.241 e. The summed E-state index contributed by atoms with van der Waals surface area (Å²) in [6.07, 6.45) is 6.36. The number of nitrogens with one attached hydrogen (secondary N) is 1. The summed E-state index contributed by atoms with van der Waals surface area (Å²) in [7, 11) is 0. The molecule has 1 atom stereocenters. The summed E-state index contributed by atoms with van der Waals surface area (Å²) in [5, 5.41) is 3.26. The van der Waals surface area contributed by atoms with Crippen LogP contribution in [0, 0.1) is 0 Å². The van der Waals surface area contributed by atoms with Crippen molar-refractivity contribution in [1.82, 2.24) is 5.32 Å². The standard InChI is InChI=1S/C21H22N2OS/c1-20(2)17-6-4-5-7-18(17)23-14-19(24)22-21(20,23)13-12-15-8-10-16(25-3)11-9-15/h4-13H,14H2,1-3H3,(H,22,24). The third-order valence-electron chi connectivity index (χ3n) is 5.51. The van der Waals surface area contributed by atoms with Crippen LogP contribution in [0.5, 0.6) is 0 Å². The van der Waals surface area contributed by atoms with Gasteiger partial charge in [-0.2, -0.15) is 0 Å². The van der Waals surface area contributed by atoms with E-state index >= 15 is 0 Å². The highest BCUT2D eigenvalue weighted by molar-refractivity contribution is 7.98. The number of rotatable bonds is 3. The van der Waals surface area contributed by atoms with Gasteiger partial charge in [-0.25, -0.2) is 0 Å². The molecule has 25 heavy (non-hydrogen) atoms. The molecule has 2 aliphatic heterocycles. The largest absolute Gasteiger partial charge is 0.335 e. The lowest BCUT2D eigenvalue weighted by Gasteiger charge is -2.40. The van der Waals surface area contributed by atoms with Crippen LogP contribution < -0.4 is 10.2 Å². The Morgan fingerprint density at radius 2 is 1.84 bits per heavy atom. The zero-order valence-electron chi connectivity index (χ0n) is 14.7. The molecule has 2 aromatic rings. The first-order chi connectivity index (χ1) is 12.0. The lowest BCUT2D eigenvalue weighted by Crippen LogP contribution is -2.58. The van der Waals surface area contributed by atoms with E-state index in [1.807, 2.05) is 6.07 Å². The number of hydrogen-bond acceptors (Lipinski definition) is 3. The molecular formula is C21H22N2OS. The van der Waals surface area contributed by atoms with Gasteiger partial charge in [0.2, 0.25) is 5.91 Å². The molecule has 1 fully saturated rings. The fourth-order valence-corrected chi connectivity index (χ4v) is 4.48. The quantitative estimate of drug-likeness (QED) is 0.848. The van der Waals surface area contributed by atoms with Gasteiger partial charge in [0.15, 0.2) is 0 Å². The summed E-state index contributed by atoms with van der Waals surface area (Å²) in [5.74, 6) is 0.0740. The topological polar surface area (TPSA) is 32.3 Å². The highest BCUT2D eigenvalue weighted by Crippen LogP contribution is 2.52. The van der Waals surface area contributed by atoms with E-state index in [-0.39, 0.29) is 11.3 Å². The second kappa shape index (κ2) is 5.67. The molecule has 1 unspecified atom stereocenters. The Hall–Kier alpha value is -2.20. The summed E-state index contributed by atoms with van der Waals surface area (Å²) < 4.78 is 0. The number of fused-ring (bicyclic) bond motifs is 3. The Morgan fingerprint density at radius 3 is 2.56 bits per heavy atom. The van der Waals surface area contributed by atoms with Gasteiger partial charge in [0.25, 0.3) is 0 Å². The van der Waals surface area contributed by atoms with Gasteiger partial charge in [-0.15, -0.1) is 11.8 Å². The van der Waals surface area contributed by atoms with Crippen LogP contribution in [0.2, 0.25) is 0 Å². The van der Waals surface area contributed by atoms with Crippen molar-refractivity contribution < 1.29 is 4.79 Å². The fourth-order valence-electron chi connectivity index (χ4n) is 4.07. The number of thioether (sulfide) groups is 1. The van der Waals surface area contributed by atoms with Gasteiger partial charge < -0.3 is 10.2 Å². The number of amides is 1. The molecule has 0 aliphatic carbocycles. The van der Waals surface area contributed by atoms with Gasteiger partial charge in [0.1, 0.15) is 5.66 Å². The lowest BCUT2D eigenvalue weighted by atomic mass is 9.75. The maximum Gasteiger partial charge on any atom is 0.241 e. The Kier molecular flexibility index (Phi) is 3.69. The van der Waals surface area contributed by atoms with Gasteiger partial charge in [-0.3, -0.25) is 4.79 Å². The Labute approximate surface area is 153 Å². The highest BCUT2D eigenvalue weighted by atomic mass is 32.2. The van der Waals surface area contributed by atoms with Gasteiger partial charge in [0.05, 0.1) is 6.54 Å². The molecule has 4 rings (SSSR count). The van der Waals surface area contributed by atoms with Crippen LogP contribution in [0.25, 0.3) is 6.08 Å². The average Bonchev–Trinajstić information content (AvgIpc) is 3.05. The van der Waals surface area contributed by atoms with E-state index in [0.29, 0.717) is 6.54 Å². The van der Waals surface area contributed by atoms with E-state index in [4.69, 9.17) is 0 Å². The molecule has 3 nitrogen and oxygen atoms in total. The zero-order valence-corrected chi connectivity index (χ0v) is 15.6. The minimum absolute atomic E-state index is 0.0740. The van der Waals surface area contributed by atoms with Gasteiger partial charge in [-0.05, 0) is 41.7 Å². The zero-order chi connectivity index (χ0) is 17.7. The number of carbonyl (C=O) groups is 1. The normalized spacial score (nSPS) is 23.6. The molecule has 0 bridgehead atoms. The van der Waals surface area contributed by atoms with E-state index in [2.05, 4.69) is 84.9 Å². The molecule has 2 heterocycles. The van der Waals surface area contributed by atoms with Crippen LogP contribution in [0.15, 0.2) is 59.5 Å². The van der Waals surface area contributed by atoms with Crippen LogP contribution in [-0.2, 0) is 10.2 Å². The van der Waals surface area contributed by atoms with Gasteiger partial charge in [-0.1, -0.05) is 50.3 Å². The van der Waals surface area contributed by atoms with Crippen LogP contribution in [-0.4, -0.2) is 24.4 Å². The van der Waals surface area contributed by atoms with Crippen molar-refractivity contribution in [2.75, 3.05) is 17.7 Å². The van der Waals surface area contributed by atoms with Crippen molar-refractivity contribution in [3.05, 3.63) is 65.7 Å². The molecule has 1 saturated heterocycles. The van der Waals surface area contributed by atoms with Crippen molar-refractivity contribution in [3.8, 4) is 0 Å². The Morgan fingerprint density at radius 1 is 1.12 bits per heavy atom. The number of carbonyl (C=O) groups excluding carboxylic acids is 1. The van der Waals surface area contributed by atoms with Crippen LogP contribution in [0.4, 0.5) is 5.69 Å². The van der Waals surface area contributed by atoms with E-state index < -0.39 is 5.66 Å². The molecule has 2 aromatic carbocycles. The molecule has 0 aromatic heterocycles. The molecular weight excluding hydrogens is 328 g/mol. The summed E-state index contributed by atoms with van der Waals surface area (Å²) in [4.78, 5) is 15.7. The third-order valence-corrected chi connectivity index (χ3v) is 6.25. The number of benzene rings is 2. The third kappa shape index (κ3) is 2.31. The van der Waals surface area contributed by atoms with Crippen LogP contribution in [0.1, 0.15) is 25.0 Å². The molecule has 0 spiro atoms. The minimum atomic E-state index is -0.522. The number of para-hydroxylation sites is 1. The first kappa shape index (κ1) is 16.3. The first-order valence-corrected chi connectivity index (χ1v) is 9.72. The summed E-state index contributed by atoms with van der Waals surface area (Å²) in [5.41, 5.74) is 2.82. The van der Waals surface area contributed by atoms with Crippen molar-refractivity contribution >= 4 is 29.4 Å². The molecule has 2 aliphatic rings. The van der Waals surface area contributed by atoms with E-state index in [1.54, 1.807) is 11.8 Å². The summed E-state index contributed by atoms with van der Waals surface area (Å²) >= 11 is 1.74. The monoisotopic (exact) mass is 350 g/mol. The summed E-state index contributed by atoms with van der Waals surface area (Å²) in [6, 6.07) is 16.9. The first-order valence-electron chi connectivity index (χ1n) is 8.49. The predicted octanol–water partition coefficient (Wildman–Crippen LogP) is 4.05. The summed E-state index contributed by atoms with van der Waals surface area (Å²) in [6.45, 7) is 4.81. The van der Waals surface area contributed by atoms with E-state index in [9.17, 15) is 4.79 Å². The van der Waals surface area contributed by atoms with Gasteiger partial charge >= 0.3 is 0 Å². The average molecular weight is 350 g/mol. The predicted molar refractivity (Wildman–Crippen MR) is 105 cm³/mol. The molecule has 1 N–H and O–H groups in total. The molecule has 0 saturated carbocycles. The molecule has 128 valence electrons. The second-order valence-electron chi connectivity index (χ2n) is 7.15. The second-order valence-corrected chi connectivity index (χ2v) is 8.03. The van der Waals surface area contributed by atoms with Crippen molar-refractivity contribution in [2.24, 2.45) is 0 Å².